The molecule has 1 amide bonds. The molecule has 0 bridgehead atoms. The molecule has 30 heavy (non-hydrogen) atoms. The van der Waals surface area contributed by atoms with E-state index in [1.165, 1.54) is 51.5 Å². The highest BCUT2D eigenvalue weighted by Gasteiger charge is 2.32. The van der Waals surface area contributed by atoms with E-state index in [1.54, 1.807) is 0 Å². The summed E-state index contributed by atoms with van der Waals surface area (Å²) in [5.74, 6) is -0.383. The van der Waals surface area contributed by atoms with E-state index in [4.69, 9.17) is 21.1 Å². The van der Waals surface area contributed by atoms with E-state index in [0.29, 0.717) is 0 Å². The Hall–Kier alpha value is -3.05. The maximum Gasteiger partial charge on any atom is 0.271 e. The van der Waals surface area contributed by atoms with Crippen LogP contribution in [0, 0.1) is 10.1 Å². The molecule has 1 atom stereocenters. The van der Waals surface area contributed by atoms with Crippen LogP contribution in [0.25, 0.3) is 0 Å². The van der Waals surface area contributed by atoms with Crippen LogP contribution in [0.3, 0.4) is 0 Å². The number of rotatable bonds is 8. The van der Waals surface area contributed by atoms with Crippen LogP contribution >= 0.6 is 11.6 Å². The Bertz CT molecular complexity index is 1080. The number of nitrogens with one attached hydrogen (secondary N) is 1. The quantitative estimate of drug-likeness (QED) is 0.476. The molecule has 0 aromatic heterocycles. The minimum Gasteiger partial charge on any atom is -0.495 e. The lowest BCUT2D eigenvalue weighted by Crippen LogP contribution is -2.45. The number of nitro groups is 1. The van der Waals surface area contributed by atoms with Crippen molar-refractivity contribution in [2.24, 2.45) is 0 Å². The molecule has 10 nitrogen and oxygen atoms in total. The van der Waals surface area contributed by atoms with Gasteiger partial charge < -0.3 is 14.8 Å². The molecule has 12 heteroatoms. The molecule has 2 aromatic carbocycles. The number of anilines is 2. The first-order valence-electron chi connectivity index (χ1n) is 8.45. The van der Waals surface area contributed by atoms with Crippen molar-refractivity contribution >= 4 is 44.6 Å². The normalized spacial score (nSPS) is 12.0. The van der Waals surface area contributed by atoms with Gasteiger partial charge in [0.15, 0.2) is 0 Å². The number of non-ortho nitro benzene ring substituents is 1. The van der Waals surface area contributed by atoms with Gasteiger partial charge in [0, 0.05) is 17.2 Å². The predicted molar refractivity (Wildman–Crippen MR) is 113 cm³/mol. The van der Waals surface area contributed by atoms with Gasteiger partial charge in [0.2, 0.25) is 15.9 Å². The fourth-order valence-electron chi connectivity index (χ4n) is 2.76. The standard InChI is InChI=1S/C18H20ClN3O7S/c1-11(18(23)20-14-10-13(22(24)25)6-8-16(14)28-2)21(30(4,26)27)15-9-12(19)5-7-17(15)29-3/h5-11H,1-4H3,(H,20,23). The van der Waals surface area contributed by atoms with Crippen molar-refractivity contribution in [1.29, 1.82) is 0 Å². The number of amides is 1. The number of ether oxygens (including phenoxy) is 2. The third-order valence-electron chi connectivity index (χ3n) is 4.12. The number of hydrogen-bond donors (Lipinski definition) is 1. The third-order valence-corrected chi connectivity index (χ3v) is 5.58. The van der Waals surface area contributed by atoms with Gasteiger partial charge >= 0.3 is 0 Å². The number of sulfonamides is 1. The van der Waals surface area contributed by atoms with Crippen molar-refractivity contribution in [3.8, 4) is 11.5 Å². The molecule has 162 valence electrons. The van der Waals surface area contributed by atoms with Crippen LogP contribution in [-0.4, -0.2) is 45.8 Å². The fourth-order valence-corrected chi connectivity index (χ4v) is 4.10. The molecule has 0 spiro atoms. The number of nitrogens with zero attached hydrogens (tertiary/aromatic N) is 2. The number of methoxy groups -OCH3 is 2. The molecule has 2 rings (SSSR count). The molecular weight excluding hydrogens is 438 g/mol. The summed E-state index contributed by atoms with van der Waals surface area (Å²) in [5, 5.41) is 13.8. The minimum atomic E-state index is -3.95. The number of hydrogen-bond acceptors (Lipinski definition) is 7. The first kappa shape index (κ1) is 23.2. The van der Waals surface area contributed by atoms with Gasteiger partial charge in [-0.05, 0) is 31.2 Å². The van der Waals surface area contributed by atoms with Crippen LogP contribution < -0.4 is 19.1 Å². The Morgan fingerprint density at radius 3 is 2.30 bits per heavy atom. The molecule has 0 saturated heterocycles. The van der Waals surface area contributed by atoms with Gasteiger partial charge in [0.25, 0.3) is 5.69 Å². The Morgan fingerprint density at radius 1 is 1.17 bits per heavy atom. The second kappa shape index (κ2) is 9.18. The van der Waals surface area contributed by atoms with Crippen molar-refractivity contribution in [3.63, 3.8) is 0 Å². The highest BCUT2D eigenvalue weighted by molar-refractivity contribution is 7.92. The topological polar surface area (TPSA) is 128 Å². The number of nitro benzene ring substituents is 1. The Kier molecular flexibility index (Phi) is 7.11. The zero-order valence-electron chi connectivity index (χ0n) is 16.6. The summed E-state index contributed by atoms with van der Waals surface area (Å²) in [6.07, 6.45) is 0.936. The molecule has 0 radical (unpaired) electrons. The molecular formula is C18H20ClN3O7S. The number of halogens is 1. The lowest BCUT2D eigenvalue weighted by Gasteiger charge is -2.29. The van der Waals surface area contributed by atoms with Gasteiger partial charge in [-0.3, -0.25) is 19.2 Å². The lowest BCUT2D eigenvalue weighted by atomic mass is 10.2. The predicted octanol–water partition coefficient (Wildman–Crippen LogP) is 3.06. The Labute approximate surface area is 178 Å². The molecule has 0 fully saturated rings. The van der Waals surface area contributed by atoms with Crippen LogP contribution in [0.1, 0.15) is 6.92 Å². The van der Waals surface area contributed by atoms with Crippen molar-refractivity contribution in [2.75, 3.05) is 30.1 Å². The summed E-state index contributed by atoms with van der Waals surface area (Å²) < 4.78 is 36.2. The summed E-state index contributed by atoms with van der Waals surface area (Å²) in [6, 6.07) is 6.77. The summed E-state index contributed by atoms with van der Waals surface area (Å²) in [4.78, 5) is 23.3. The molecule has 1 unspecified atom stereocenters. The third kappa shape index (κ3) is 5.10. The minimum absolute atomic E-state index is 0.0232. The van der Waals surface area contributed by atoms with Gasteiger partial charge in [0.1, 0.15) is 17.5 Å². The van der Waals surface area contributed by atoms with Gasteiger partial charge in [-0.1, -0.05) is 11.6 Å². The van der Waals surface area contributed by atoms with E-state index in [2.05, 4.69) is 5.32 Å². The average molecular weight is 458 g/mol. The fraction of sp³-hybridized carbons (Fsp3) is 0.278. The van der Waals surface area contributed by atoms with E-state index in [-0.39, 0.29) is 33.6 Å². The smallest absolute Gasteiger partial charge is 0.271 e. The number of benzene rings is 2. The van der Waals surface area contributed by atoms with E-state index in [9.17, 15) is 23.3 Å². The van der Waals surface area contributed by atoms with E-state index < -0.39 is 26.9 Å². The molecule has 0 aliphatic heterocycles. The Morgan fingerprint density at radius 2 is 1.77 bits per heavy atom. The van der Waals surface area contributed by atoms with Crippen molar-refractivity contribution in [1.82, 2.24) is 0 Å². The van der Waals surface area contributed by atoms with Gasteiger partial charge in [-0.2, -0.15) is 0 Å². The maximum absolute atomic E-state index is 12.9. The molecule has 2 aromatic rings. The highest BCUT2D eigenvalue weighted by Crippen LogP contribution is 2.35. The van der Waals surface area contributed by atoms with Crippen molar-refractivity contribution in [2.45, 2.75) is 13.0 Å². The van der Waals surface area contributed by atoms with Crippen molar-refractivity contribution < 1.29 is 27.6 Å². The zero-order chi connectivity index (χ0) is 22.6. The van der Waals surface area contributed by atoms with E-state index in [0.717, 1.165) is 16.6 Å². The highest BCUT2D eigenvalue weighted by atomic mass is 35.5. The maximum atomic E-state index is 12.9. The summed E-state index contributed by atoms with van der Waals surface area (Å²) >= 11 is 6.01. The summed E-state index contributed by atoms with van der Waals surface area (Å²) in [7, 11) is -1.26. The number of carbonyl (C=O) groups is 1. The van der Waals surface area contributed by atoms with E-state index >= 15 is 0 Å². The van der Waals surface area contributed by atoms with Gasteiger partial charge in [0.05, 0.1) is 36.8 Å². The van der Waals surface area contributed by atoms with Crippen LogP contribution in [0.15, 0.2) is 36.4 Å². The van der Waals surface area contributed by atoms with E-state index in [1.807, 2.05) is 0 Å². The first-order valence-corrected chi connectivity index (χ1v) is 10.7. The van der Waals surface area contributed by atoms with Crippen LogP contribution in [-0.2, 0) is 14.8 Å². The lowest BCUT2D eigenvalue weighted by molar-refractivity contribution is -0.384. The molecule has 0 saturated carbocycles. The van der Waals surface area contributed by atoms with Crippen LogP contribution in [0.5, 0.6) is 11.5 Å². The van der Waals surface area contributed by atoms with Crippen LogP contribution in [0.4, 0.5) is 17.1 Å². The first-order chi connectivity index (χ1) is 14.0. The van der Waals surface area contributed by atoms with Crippen molar-refractivity contribution in [3.05, 3.63) is 51.5 Å². The van der Waals surface area contributed by atoms with Gasteiger partial charge in [-0.15, -0.1) is 0 Å². The average Bonchev–Trinajstić information content (AvgIpc) is 2.67. The zero-order valence-corrected chi connectivity index (χ0v) is 18.2. The second-order valence-electron chi connectivity index (χ2n) is 6.18. The molecule has 0 heterocycles. The largest absolute Gasteiger partial charge is 0.495 e. The molecule has 0 aliphatic carbocycles. The van der Waals surface area contributed by atoms with Gasteiger partial charge in [-0.25, -0.2) is 8.42 Å². The molecule has 0 aliphatic rings. The monoisotopic (exact) mass is 457 g/mol. The summed E-state index contributed by atoms with van der Waals surface area (Å²) in [5.41, 5.74) is -0.175. The summed E-state index contributed by atoms with van der Waals surface area (Å²) in [6.45, 7) is 1.36. The van der Waals surface area contributed by atoms with Crippen LogP contribution in [0.2, 0.25) is 5.02 Å². The SMILES string of the molecule is COc1ccc([N+](=O)[O-])cc1NC(=O)C(C)N(c1cc(Cl)ccc1OC)S(C)(=O)=O. The second-order valence-corrected chi connectivity index (χ2v) is 8.48. The molecule has 1 N–H and O–H groups in total. The number of carbonyl (C=O) groups excluding carboxylic acids is 1. The Balaban J connectivity index is 2.47.